The van der Waals surface area contributed by atoms with E-state index >= 15 is 0 Å². The Balaban J connectivity index is 2.53. The number of amides is 1. The van der Waals surface area contributed by atoms with Gasteiger partial charge >= 0.3 is 0 Å². The van der Waals surface area contributed by atoms with Crippen molar-refractivity contribution in [2.75, 3.05) is 0 Å². The largest absolute Gasteiger partial charge is 0.299 e. The molecule has 122 valence electrons. The number of carbonyl (C=O) groups is 2. The van der Waals surface area contributed by atoms with Crippen LogP contribution >= 0.6 is 0 Å². The number of nitrogens with one attached hydrogen (secondary N) is 1. The molecule has 21 heavy (non-hydrogen) atoms. The van der Waals surface area contributed by atoms with Crippen LogP contribution in [0.2, 0.25) is 0 Å². The van der Waals surface area contributed by atoms with Crippen LogP contribution in [-0.2, 0) is 9.59 Å². The second-order valence-corrected chi connectivity index (χ2v) is 7.52. The zero-order valence-electron chi connectivity index (χ0n) is 14.4. The van der Waals surface area contributed by atoms with E-state index in [0.717, 1.165) is 32.1 Å². The number of ketones is 1. The van der Waals surface area contributed by atoms with Crippen LogP contribution < -0.4 is 5.43 Å². The topological polar surface area (TPSA) is 49.4 Å². The number of piperidine rings is 1. The molecule has 1 saturated heterocycles. The van der Waals surface area contributed by atoms with Gasteiger partial charge in [-0.15, -0.1) is 0 Å². The zero-order chi connectivity index (χ0) is 16.1. The first-order valence-electron chi connectivity index (χ1n) is 8.30. The summed E-state index contributed by atoms with van der Waals surface area (Å²) >= 11 is 0. The van der Waals surface area contributed by atoms with E-state index in [4.69, 9.17) is 0 Å². The molecule has 1 rings (SSSR count). The second kappa shape index (κ2) is 7.39. The lowest BCUT2D eigenvalue weighted by Gasteiger charge is -2.52. The lowest BCUT2D eigenvalue weighted by molar-refractivity contribution is -0.141. The molecule has 0 radical (unpaired) electrons. The monoisotopic (exact) mass is 296 g/mol. The van der Waals surface area contributed by atoms with Crippen LogP contribution in [-0.4, -0.2) is 27.8 Å². The number of nitrogens with zero attached hydrogens (tertiary/aromatic N) is 1. The summed E-state index contributed by atoms with van der Waals surface area (Å²) in [5, 5.41) is 2.06. The number of hydrazine groups is 1. The van der Waals surface area contributed by atoms with E-state index < -0.39 is 0 Å². The number of unbranched alkanes of at least 4 members (excludes halogenated alkanes) is 2. The molecule has 0 bridgehead atoms. The fourth-order valence-corrected chi connectivity index (χ4v) is 3.30. The lowest BCUT2D eigenvalue weighted by Crippen LogP contribution is -2.65. The van der Waals surface area contributed by atoms with Gasteiger partial charge in [-0.05, 0) is 53.4 Å². The van der Waals surface area contributed by atoms with Gasteiger partial charge in [-0.1, -0.05) is 19.8 Å². The Morgan fingerprint density at radius 3 is 2.14 bits per heavy atom. The van der Waals surface area contributed by atoms with Gasteiger partial charge in [0.2, 0.25) is 5.91 Å². The van der Waals surface area contributed by atoms with E-state index in [1.807, 2.05) is 0 Å². The summed E-state index contributed by atoms with van der Waals surface area (Å²) in [5.41, 5.74) is 2.86. The minimum Gasteiger partial charge on any atom is -0.299 e. The van der Waals surface area contributed by atoms with Crippen molar-refractivity contribution in [3.05, 3.63) is 0 Å². The Labute approximate surface area is 129 Å². The standard InChI is InChI=1S/C17H32N2O2/c1-6-7-8-10-14(20)13-15(21)18-19-16(2,3)11-9-12-17(19,4)5/h6-13H2,1-5H3,(H,18,21). The molecule has 1 aliphatic heterocycles. The summed E-state index contributed by atoms with van der Waals surface area (Å²) in [6, 6.07) is 0. The van der Waals surface area contributed by atoms with E-state index in [-0.39, 0.29) is 29.2 Å². The molecule has 0 unspecified atom stereocenters. The molecule has 0 atom stereocenters. The Hall–Kier alpha value is -0.900. The van der Waals surface area contributed by atoms with Crippen LogP contribution in [0.4, 0.5) is 0 Å². The highest BCUT2D eigenvalue weighted by atomic mass is 16.2. The molecule has 0 aliphatic carbocycles. The average Bonchev–Trinajstić information content (AvgIpc) is 2.34. The molecule has 4 nitrogen and oxygen atoms in total. The quantitative estimate of drug-likeness (QED) is 0.577. The third-order valence-electron chi connectivity index (χ3n) is 4.44. The molecule has 1 heterocycles. The molecular formula is C17H32N2O2. The van der Waals surface area contributed by atoms with Crippen molar-refractivity contribution in [3.8, 4) is 0 Å². The van der Waals surface area contributed by atoms with Gasteiger partial charge in [0.25, 0.3) is 0 Å². The van der Waals surface area contributed by atoms with Crippen molar-refractivity contribution in [2.24, 2.45) is 0 Å². The van der Waals surface area contributed by atoms with Gasteiger partial charge in [-0.2, -0.15) is 0 Å². The van der Waals surface area contributed by atoms with Crippen LogP contribution in [0.25, 0.3) is 0 Å². The minimum atomic E-state index is -0.167. The predicted molar refractivity (Wildman–Crippen MR) is 85.8 cm³/mol. The molecule has 1 fully saturated rings. The van der Waals surface area contributed by atoms with Crippen LogP contribution in [0.15, 0.2) is 0 Å². The number of Topliss-reactive ketones (excluding diaryl/α,β-unsaturated/α-hetero) is 1. The summed E-state index contributed by atoms with van der Waals surface area (Å²) in [6.07, 6.45) is 6.85. The first kappa shape index (κ1) is 18.1. The second-order valence-electron chi connectivity index (χ2n) is 7.52. The summed E-state index contributed by atoms with van der Waals surface area (Å²) < 4.78 is 0. The summed E-state index contributed by atoms with van der Waals surface area (Å²) in [5.74, 6) is -0.117. The average molecular weight is 296 g/mol. The first-order chi connectivity index (χ1) is 9.69. The smallest absolute Gasteiger partial charge is 0.241 e. The molecule has 0 aromatic heterocycles. The number of hydrogen-bond acceptors (Lipinski definition) is 3. The van der Waals surface area contributed by atoms with E-state index in [2.05, 4.69) is 45.1 Å². The van der Waals surface area contributed by atoms with Crippen molar-refractivity contribution in [1.29, 1.82) is 0 Å². The molecule has 1 amide bonds. The maximum Gasteiger partial charge on any atom is 0.241 e. The van der Waals surface area contributed by atoms with E-state index in [1.54, 1.807) is 0 Å². The highest BCUT2D eigenvalue weighted by Crippen LogP contribution is 2.36. The first-order valence-corrected chi connectivity index (χ1v) is 8.30. The number of rotatable bonds is 7. The van der Waals surface area contributed by atoms with Gasteiger partial charge < -0.3 is 0 Å². The van der Waals surface area contributed by atoms with E-state index in [9.17, 15) is 9.59 Å². The molecule has 0 saturated carbocycles. The van der Waals surface area contributed by atoms with Crippen LogP contribution in [0.5, 0.6) is 0 Å². The van der Waals surface area contributed by atoms with Crippen molar-refractivity contribution >= 4 is 11.7 Å². The summed E-state index contributed by atoms with van der Waals surface area (Å²) in [4.78, 5) is 24.0. The normalized spacial score (nSPS) is 21.0. The Morgan fingerprint density at radius 1 is 1.05 bits per heavy atom. The predicted octanol–water partition coefficient (Wildman–Crippen LogP) is 3.60. The van der Waals surface area contributed by atoms with Gasteiger partial charge in [0.05, 0.1) is 6.42 Å². The molecule has 0 spiro atoms. The Bertz CT molecular complexity index is 359. The maximum absolute atomic E-state index is 12.2. The van der Waals surface area contributed by atoms with Gasteiger partial charge in [-0.25, -0.2) is 5.01 Å². The van der Waals surface area contributed by atoms with Crippen molar-refractivity contribution in [3.63, 3.8) is 0 Å². The molecule has 0 aromatic carbocycles. The highest BCUT2D eigenvalue weighted by molar-refractivity contribution is 5.97. The van der Waals surface area contributed by atoms with Crippen LogP contribution in [0.1, 0.15) is 86.0 Å². The van der Waals surface area contributed by atoms with Crippen molar-refractivity contribution in [1.82, 2.24) is 10.4 Å². The van der Waals surface area contributed by atoms with Crippen molar-refractivity contribution in [2.45, 2.75) is 97.1 Å². The number of hydrogen-bond donors (Lipinski definition) is 1. The molecule has 0 aromatic rings. The van der Waals surface area contributed by atoms with Crippen LogP contribution in [0, 0.1) is 0 Å². The fourth-order valence-electron chi connectivity index (χ4n) is 3.30. The molecule has 4 heteroatoms. The van der Waals surface area contributed by atoms with Crippen molar-refractivity contribution < 1.29 is 9.59 Å². The number of carbonyl (C=O) groups excluding carboxylic acids is 2. The highest BCUT2D eigenvalue weighted by Gasteiger charge is 2.42. The summed E-state index contributed by atoms with van der Waals surface area (Å²) in [7, 11) is 0. The van der Waals surface area contributed by atoms with E-state index in [0.29, 0.717) is 6.42 Å². The Morgan fingerprint density at radius 2 is 1.62 bits per heavy atom. The SMILES string of the molecule is CCCCCC(=O)CC(=O)NN1C(C)(C)CCCC1(C)C. The molecular weight excluding hydrogens is 264 g/mol. The maximum atomic E-state index is 12.2. The van der Waals surface area contributed by atoms with Gasteiger partial charge in [0.1, 0.15) is 5.78 Å². The fraction of sp³-hybridized carbons (Fsp3) is 0.882. The van der Waals surface area contributed by atoms with Crippen LogP contribution in [0.3, 0.4) is 0 Å². The minimum absolute atomic E-state index is 0.00632. The molecule has 1 aliphatic rings. The third kappa shape index (κ3) is 5.42. The van der Waals surface area contributed by atoms with E-state index in [1.165, 1.54) is 6.42 Å². The summed E-state index contributed by atoms with van der Waals surface area (Å²) in [6.45, 7) is 10.7. The zero-order valence-corrected chi connectivity index (χ0v) is 14.4. The molecule has 1 N–H and O–H groups in total. The lowest BCUT2D eigenvalue weighted by atomic mass is 9.81. The van der Waals surface area contributed by atoms with Gasteiger partial charge in [0.15, 0.2) is 0 Å². The van der Waals surface area contributed by atoms with Gasteiger partial charge in [-0.3, -0.25) is 15.0 Å². The Kier molecular flexibility index (Phi) is 6.39. The third-order valence-corrected chi connectivity index (χ3v) is 4.44. The van der Waals surface area contributed by atoms with Gasteiger partial charge in [0, 0.05) is 17.5 Å².